The Morgan fingerprint density at radius 1 is 0.882 bits per heavy atom. The lowest BCUT2D eigenvalue weighted by Gasteiger charge is -2.39. The minimum absolute atomic E-state index is 0.102. The highest BCUT2D eigenvalue weighted by atomic mass is 16.2. The molecule has 1 aliphatic carbocycles. The highest BCUT2D eigenvalue weighted by molar-refractivity contribution is 6.00. The molecule has 5 aliphatic rings. The summed E-state index contributed by atoms with van der Waals surface area (Å²) in [6, 6.07) is 7.57. The second-order valence-electron chi connectivity index (χ2n) is 12.0. The number of hydrogen-bond acceptors (Lipinski definition) is 4. The SMILES string of the molecule is Cc1cc(N2CCC(N3CCCC3)C2)ccc1N1CCC2(CCN(CC3CCCC3)CC2)C1=O. The lowest BCUT2D eigenvalue weighted by atomic mass is 9.77. The van der Waals surface area contributed by atoms with Gasteiger partial charge >= 0.3 is 0 Å². The van der Waals surface area contributed by atoms with Gasteiger partial charge in [-0.15, -0.1) is 0 Å². The smallest absolute Gasteiger partial charge is 0.233 e. The number of hydrogen-bond donors (Lipinski definition) is 0. The molecule has 5 nitrogen and oxygen atoms in total. The molecule has 1 aromatic carbocycles. The van der Waals surface area contributed by atoms with Crippen LogP contribution in [0.2, 0.25) is 0 Å². The van der Waals surface area contributed by atoms with Crippen LogP contribution in [0.15, 0.2) is 18.2 Å². The highest BCUT2D eigenvalue weighted by Crippen LogP contribution is 2.44. The number of rotatable bonds is 5. The van der Waals surface area contributed by atoms with E-state index in [1.165, 1.54) is 75.8 Å². The minimum Gasteiger partial charge on any atom is -0.370 e. The van der Waals surface area contributed by atoms with Crippen molar-refractivity contribution in [2.45, 2.75) is 77.2 Å². The van der Waals surface area contributed by atoms with Gasteiger partial charge in [-0.2, -0.15) is 0 Å². The molecule has 4 heterocycles. The van der Waals surface area contributed by atoms with E-state index in [0.717, 1.165) is 69.6 Å². The Balaban J connectivity index is 1.08. The second kappa shape index (κ2) is 9.46. The standard InChI is InChI=1S/C29H44N4O/c1-23-20-25(32-16-10-26(22-32)31-14-4-5-15-31)8-9-27(23)33-19-13-29(28(33)34)11-17-30(18-12-29)21-24-6-2-3-7-24/h8-9,20,24,26H,2-7,10-19,21-22H2,1H3. The Bertz CT molecular complexity index is 880. The van der Waals surface area contributed by atoms with Gasteiger partial charge < -0.3 is 14.7 Å². The van der Waals surface area contributed by atoms with Crippen molar-refractivity contribution in [2.75, 3.05) is 62.2 Å². The van der Waals surface area contributed by atoms with E-state index in [2.05, 4.69) is 44.7 Å². The Morgan fingerprint density at radius 2 is 1.62 bits per heavy atom. The van der Waals surface area contributed by atoms with E-state index in [9.17, 15) is 4.79 Å². The first-order chi connectivity index (χ1) is 16.6. The fraction of sp³-hybridized carbons (Fsp3) is 0.759. The molecule has 1 spiro atoms. The molecule has 4 aliphatic heterocycles. The first kappa shape index (κ1) is 22.8. The zero-order chi connectivity index (χ0) is 23.1. The Morgan fingerprint density at radius 3 is 2.35 bits per heavy atom. The summed E-state index contributed by atoms with van der Waals surface area (Å²) >= 11 is 0. The fourth-order valence-corrected chi connectivity index (χ4v) is 7.76. The molecular formula is C29H44N4O. The molecule has 0 radical (unpaired) electrons. The van der Waals surface area contributed by atoms with Crippen molar-refractivity contribution in [3.8, 4) is 0 Å². The van der Waals surface area contributed by atoms with Crippen LogP contribution in [0.25, 0.3) is 0 Å². The molecule has 4 saturated heterocycles. The lowest BCUT2D eigenvalue weighted by molar-refractivity contribution is -0.128. The Hall–Kier alpha value is -1.59. The maximum absolute atomic E-state index is 13.7. The molecule has 5 fully saturated rings. The van der Waals surface area contributed by atoms with Gasteiger partial charge in [-0.05, 0) is 114 Å². The quantitative estimate of drug-likeness (QED) is 0.633. The average Bonchev–Trinajstić information content (AvgIpc) is 3.65. The minimum atomic E-state index is -0.102. The first-order valence-electron chi connectivity index (χ1n) is 14.3. The van der Waals surface area contributed by atoms with E-state index in [1.807, 2.05) is 0 Å². The van der Waals surface area contributed by atoms with Gasteiger partial charge in [-0.1, -0.05) is 12.8 Å². The van der Waals surface area contributed by atoms with Gasteiger partial charge in [-0.3, -0.25) is 9.69 Å². The van der Waals surface area contributed by atoms with Crippen LogP contribution < -0.4 is 9.80 Å². The van der Waals surface area contributed by atoms with E-state index in [0.29, 0.717) is 5.91 Å². The van der Waals surface area contributed by atoms with E-state index in [4.69, 9.17) is 0 Å². The van der Waals surface area contributed by atoms with Crippen LogP contribution in [0.3, 0.4) is 0 Å². The number of amides is 1. The maximum Gasteiger partial charge on any atom is 0.233 e. The van der Waals surface area contributed by atoms with Gasteiger partial charge in [0, 0.05) is 43.6 Å². The van der Waals surface area contributed by atoms with Gasteiger partial charge in [0.2, 0.25) is 5.91 Å². The van der Waals surface area contributed by atoms with Crippen molar-refractivity contribution in [3.63, 3.8) is 0 Å². The van der Waals surface area contributed by atoms with Crippen LogP contribution in [0.1, 0.15) is 69.8 Å². The number of likely N-dealkylation sites (tertiary alicyclic amines) is 2. The van der Waals surface area contributed by atoms with Crippen LogP contribution in [0.5, 0.6) is 0 Å². The van der Waals surface area contributed by atoms with Gasteiger partial charge in [-0.25, -0.2) is 0 Å². The third-order valence-corrected chi connectivity index (χ3v) is 9.97. The number of anilines is 2. The molecule has 1 aromatic rings. The molecule has 0 aromatic heterocycles. The maximum atomic E-state index is 13.7. The molecule has 6 rings (SSSR count). The zero-order valence-corrected chi connectivity index (χ0v) is 21.3. The topological polar surface area (TPSA) is 30.0 Å². The summed E-state index contributed by atoms with van der Waals surface area (Å²) < 4.78 is 0. The molecule has 0 bridgehead atoms. The molecule has 0 N–H and O–H groups in total. The molecular weight excluding hydrogens is 420 g/mol. The molecule has 1 saturated carbocycles. The molecule has 1 amide bonds. The van der Waals surface area contributed by atoms with Crippen LogP contribution in [0, 0.1) is 18.3 Å². The van der Waals surface area contributed by atoms with Gasteiger partial charge in [0.05, 0.1) is 5.41 Å². The molecule has 1 unspecified atom stereocenters. The van der Waals surface area contributed by atoms with Crippen molar-refractivity contribution in [1.29, 1.82) is 0 Å². The van der Waals surface area contributed by atoms with E-state index >= 15 is 0 Å². The number of piperidine rings is 1. The molecule has 5 heteroatoms. The Labute approximate surface area is 206 Å². The number of aryl methyl sites for hydroxylation is 1. The monoisotopic (exact) mass is 464 g/mol. The van der Waals surface area contributed by atoms with Crippen molar-refractivity contribution >= 4 is 17.3 Å². The van der Waals surface area contributed by atoms with E-state index in [1.54, 1.807) is 0 Å². The lowest BCUT2D eigenvalue weighted by Crippen LogP contribution is -2.45. The van der Waals surface area contributed by atoms with Crippen molar-refractivity contribution in [1.82, 2.24) is 9.80 Å². The number of benzene rings is 1. The van der Waals surface area contributed by atoms with Gasteiger partial charge in [0.1, 0.15) is 0 Å². The van der Waals surface area contributed by atoms with Gasteiger partial charge in [0.25, 0.3) is 0 Å². The summed E-state index contributed by atoms with van der Waals surface area (Å²) in [7, 11) is 0. The number of carbonyl (C=O) groups is 1. The average molecular weight is 465 g/mol. The normalized spacial score (nSPS) is 28.7. The molecule has 1 atom stereocenters. The summed E-state index contributed by atoms with van der Waals surface area (Å²) in [6.45, 7) is 11.5. The predicted octanol–water partition coefficient (Wildman–Crippen LogP) is 4.68. The predicted molar refractivity (Wildman–Crippen MR) is 140 cm³/mol. The van der Waals surface area contributed by atoms with Crippen LogP contribution in [-0.4, -0.2) is 74.1 Å². The summed E-state index contributed by atoms with van der Waals surface area (Å²) in [5.74, 6) is 1.31. The highest BCUT2D eigenvalue weighted by Gasteiger charge is 2.48. The van der Waals surface area contributed by atoms with E-state index in [-0.39, 0.29) is 5.41 Å². The van der Waals surface area contributed by atoms with Gasteiger partial charge in [0.15, 0.2) is 0 Å². The first-order valence-corrected chi connectivity index (χ1v) is 14.3. The van der Waals surface area contributed by atoms with E-state index < -0.39 is 0 Å². The van der Waals surface area contributed by atoms with Crippen LogP contribution >= 0.6 is 0 Å². The zero-order valence-electron chi connectivity index (χ0n) is 21.3. The number of nitrogens with zero attached hydrogens (tertiary/aromatic N) is 4. The fourth-order valence-electron chi connectivity index (χ4n) is 7.76. The summed E-state index contributed by atoms with van der Waals surface area (Å²) in [6.07, 6.45) is 12.8. The third-order valence-electron chi connectivity index (χ3n) is 9.97. The number of carbonyl (C=O) groups excluding carboxylic acids is 1. The Kier molecular flexibility index (Phi) is 6.36. The summed E-state index contributed by atoms with van der Waals surface area (Å²) in [5, 5.41) is 0. The largest absolute Gasteiger partial charge is 0.370 e. The third kappa shape index (κ3) is 4.28. The van der Waals surface area contributed by atoms with Crippen molar-refractivity contribution in [2.24, 2.45) is 11.3 Å². The molecule has 186 valence electrons. The summed E-state index contributed by atoms with van der Waals surface area (Å²) in [5.41, 5.74) is 3.64. The van der Waals surface area contributed by atoms with Crippen molar-refractivity contribution < 1.29 is 4.79 Å². The van der Waals surface area contributed by atoms with Crippen molar-refractivity contribution in [3.05, 3.63) is 23.8 Å². The van der Waals surface area contributed by atoms with Crippen LogP contribution in [-0.2, 0) is 4.79 Å². The summed E-state index contributed by atoms with van der Waals surface area (Å²) in [4.78, 5) is 23.8. The van der Waals surface area contributed by atoms with Crippen LogP contribution in [0.4, 0.5) is 11.4 Å². The molecule has 34 heavy (non-hydrogen) atoms. The second-order valence-corrected chi connectivity index (χ2v) is 12.0.